The summed E-state index contributed by atoms with van der Waals surface area (Å²) in [4.78, 5) is 8.47. The van der Waals surface area contributed by atoms with Gasteiger partial charge in [-0.05, 0) is 43.0 Å². The number of hydrogen-bond donors (Lipinski definition) is 1. The number of ether oxygens (including phenoxy) is 1. The number of aromatic nitrogens is 2. The van der Waals surface area contributed by atoms with Gasteiger partial charge in [-0.2, -0.15) is 0 Å². The van der Waals surface area contributed by atoms with E-state index in [9.17, 15) is 0 Å². The van der Waals surface area contributed by atoms with Crippen LogP contribution in [0.3, 0.4) is 0 Å². The van der Waals surface area contributed by atoms with E-state index in [0.29, 0.717) is 11.9 Å². The molecule has 21 heavy (non-hydrogen) atoms. The van der Waals surface area contributed by atoms with Gasteiger partial charge in [0.15, 0.2) is 0 Å². The topological polar surface area (TPSA) is 47.0 Å². The smallest absolute Gasteiger partial charge is 0.212 e. The van der Waals surface area contributed by atoms with E-state index in [2.05, 4.69) is 34.3 Å². The fourth-order valence-electron chi connectivity index (χ4n) is 2.31. The summed E-state index contributed by atoms with van der Waals surface area (Å²) in [5.74, 6) is 0.657. The molecule has 0 aromatic carbocycles. The molecule has 112 valence electrons. The van der Waals surface area contributed by atoms with E-state index in [4.69, 9.17) is 4.74 Å². The fourth-order valence-corrected chi connectivity index (χ4v) is 2.31. The average Bonchev–Trinajstić information content (AvgIpc) is 2.54. The molecule has 0 saturated carbocycles. The van der Waals surface area contributed by atoms with Gasteiger partial charge in [0.05, 0.1) is 7.11 Å². The van der Waals surface area contributed by atoms with Crippen LogP contribution in [-0.4, -0.2) is 29.7 Å². The molecule has 0 fully saturated rings. The van der Waals surface area contributed by atoms with Gasteiger partial charge in [-0.3, -0.25) is 4.98 Å². The number of methoxy groups -OCH3 is 1. The summed E-state index contributed by atoms with van der Waals surface area (Å²) in [7, 11) is 1.63. The molecule has 0 saturated heterocycles. The molecular formula is C17H23N3O. The van der Waals surface area contributed by atoms with Crippen molar-refractivity contribution < 1.29 is 4.74 Å². The molecule has 0 radical (unpaired) electrons. The van der Waals surface area contributed by atoms with Gasteiger partial charge in [-0.25, -0.2) is 4.98 Å². The quantitative estimate of drug-likeness (QED) is 0.810. The Kier molecular flexibility index (Phi) is 6.16. The van der Waals surface area contributed by atoms with Crippen LogP contribution in [0.25, 0.3) is 0 Å². The van der Waals surface area contributed by atoms with E-state index in [0.717, 1.165) is 25.8 Å². The van der Waals surface area contributed by atoms with Crippen molar-refractivity contribution in [3.63, 3.8) is 0 Å². The maximum atomic E-state index is 5.10. The van der Waals surface area contributed by atoms with E-state index < -0.39 is 0 Å². The second kappa shape index (κ2) is 8.37. The van der Waals surface area contributed by atoms with Crippen molar-refractivity contribution >= 4 is 0 Å². The van der Waals surface area contributed by atoms with E-state index in [1.807, 2.05) is 30.7 Å². The molecular weight excluding hydrogens is 262 g/mol. The third-order valence-corrected chi connectivity index (χ3v) is 3.38. The van der Waals surface area contributed by atoms with Gasteiger partial charge in [-0.1, -0.05) is 19.1 Å². The van der Waals surface area contributed by atoms with Gasteiger partial charge in [0, 0.05) is 30.7 Å². The van der Waals surface area contributed by atoms with E-state index in [1.165, 1.54) is 11.1 Å². The van der Waals surface area contributed by atoms with Crippen molar-refractivity contribution in [1.29, 1.82) is 0 Å². The van der Waals surface area contributed by atoms with E-state index in [-0.39, 0.29) is 0 Å². The number of nitrogens with zero attached hydrogens (tertiary/aromatic N) is 2. The molecule has 1 unspecified atom stereocenters. The van der Waals surface area contributed by atoms with Crippen molar-refractivity contribution in [1.82, 2.24) is 15.3 Å². The van der Waals surface area contributed by atoms with Gasteiger partial charge in [0.25, 0.3) is 0 Å². The Labute approximate surface area is 126 Å². The molecule has 2 aromatic rings. The summed E-state index contributed by atoms with van der Waals surface area (Å²) in [6.45, 7) is 3.21. The summed E-state index contributed by atoms with van der Waals surface area (Å²) >= 11 is 0. The van der Waals surface area contributed by atoms with Crippen LogP contribution < -0.4 is 10.1 Å². The molecule has 2 heterocycles. The molecule has 0 aliphatic carbocycles. The molecule has 2 rings (SSSR count). The van der Waals surface area contributed by atoms with Crippen molar-refractivity contribution in [2.75, 3.05) is 13.7 Å². The van der Waals surface area contributed by atoms with Crippen LogP contribution in [0, 0.1) is 0 Å². The third kappa shape index (κ3) is 5.16. The minimum atomic E-state index is 0.393. The molecule has 0 aliphatic heterocycles. The van der Waals surface area contributed by atoms with Gasteiger partial charge in [0.2, 0.25) is 5.88 Å². The fraction of sp³-hybridized carbons (Fsp3) is 0.412. The zero-order valence-corrected chi connectivity index (χ0v) is 12.7. The molecule has 4 heteroatoms. The minimum absolute atomic E-state index is 0.393. The Morgan fingerprint density at radius 1 is 1.14 bits per heavy atom. The highest BCUT2D eigenvalue weighted by Crippen LogP contribution is 2.11. The number of rotatable bonds is 8. The first-order chi connectivity index (χ1) is 10.3. The Morgan fingerprint density at radius 2 is 1.95 bits per heavy atom. The van der Waals surface area contributed by atoms with Crippen LogP contribution in [0.15, 0.2) is 42.9 Å². The second-order valence-electron chi connectivity index (χ2n) is 5.13. The molecule has 4 nitrogen and oxygen atoms in total. The zero-order chi connectivity index (χ0) is 14.9. The first-order valence-electron chi connectivity index (χ1n) is 7.43. The molecule has 1 atom stereocenters. The lowest BCUT2D eigenvalue weighted by Crippen LogP contribution is -2.33. The predicted octanol–water partition coefficient (Wildman–Crippen LogP) is 2.64. The summed E-state index contributed by atoms with van der Waals surface area (Å²) in [5.41, 5.74) is 2.47. The SMILES string of the molecule is CCCNC(Cc1cccnc1)Cc1ccc(OC)nc1. The summed E-state index contributed by atoms with van der Waals surface area (Å²) < 4.78 is 5.10. The van der Waals surface area contributed by atoms with Crippen LogP contribution in [0.4, 0.5) is 0 Å². The maximum absolute atomic E-state index is 5.10. The van der Waals surface area contributed by atoms with Gasteiger partial charge >= 0.3 is 0 Å². The monoisotopic (exact) mass is 285 g/mol. The van der Waals surface area contributed by atoms with E-state index in [1.54, 1.807) is 7.11 Å². The highest BCUT2D eigenvalue weighted by Gasteiger charge is 2.10. The van der Waals surface area contributed by atoms with Crippen LogP contribution in [0.1, 0.15) is 24.5 Å². The van der Waals surface area contributed by atoms with Crippen molar-refractivity contribution in [2.24, 2.45) is 0 Å². The second-order valence-corrected chi connectivity index (χ2v) is 5.13. The Bertz CT molecular complexity index is 513. The molecule has 2 aromatic heterocycles. The summed E-state index contributed by atoms with van der Waals surface area (Å²) in [6.07, 6.45) is 8.69. The van der Waals surface area contributed by atoms with Gasteiger partial charge < -0.3 is 10.1 Å². The molecule has 0 amide bonds. The number of hydrogen-bond acceptors (Lipinski definition) is 4. The van der Waals surface area contributed by atoms with Crippen LogP contribution in [0.2, 0.25) is 0 Å². The Morgan fingerprint density at radius 3 is 2.52 bits per heavy atom. The zero-order valence-electron chi connectivity index (χ0n) is 12.7. The van der Waals surface area contributed by atoms with E-state index >= 15 is 0 Å². The highest BCUT2D eigenvalue weighted by molar-refractivity contribution is 5.19. The lowest BCUT2D eigenvalue weighted by molar-refractivity contribution is 0.397. The first kappa shape index (κ1) is 15.4. The highest BCUT2D eigenvalue weighted by atomic mass is 16.5. The Balaban J connectivity index is 2.00. The van der Waals surface area contributed by atoms with Crippen LogP contribution in [0.5, 0.6) is 5.88 Å². The first-order valence-corrected chi connectivity index (χ1v) is 7.43. The van der Waals surface area contributed by atoms with Crippen LogP contribution in [-0.2, 0) is 12.8 Å². The number of nitrogens with one attached hydrogen (secondary N) is 1. The normalized spacial score (nSPS) is 12.1. The molecule has 1 N–H and O–H groups in total. The molecule has 0 aliphatic rings. The molecule has 0 spiro atoms. The van der Waals surface area contributed by atoms with Crippen molar-refractivity contribution in [2.45, 2.75) is 32.2 Å². The summed E-state index contributed by atoms with van der Waals surface area (Å²) in [5, 5.41) is 3.61. The minimum Gasteiger partial charge on any atom is -0.481 e. The largest absolute Gasteiger partial charge is 0.481 e. The lowest BCUT2D eigenvalue weighted by Gasteiger charge is -2.18. The predicted molar refractivity (Wildman–Crippen MR) is 84.5 cm³/mol. The lowest BCUT2D eigenvalue weighted by atomic mass is 10.0. The maximum Gasteiger partial charge on any atom is 0.212 e. The molecule has 0 bridgehead atoms. The average molecular weight is 285 g/mol. The standard InChI is InChI=1S/C17H23N3O/c1-3-8-19-16(10-14-5-4-9-18-12-14)11-15-6-7-17(21-2)20-13-15/h4-7,9,12-13,16,19H,3,8,10-11H2,1-2H3. The number of pyridine rings is 2. The summed E-state index contributed by atoms with van der Waals surface area (Å²) in [6, 6.07) is 8.50. The Hall–Kier alpha value is -1.94. The van der Waals surface area contributed by atoms with Crippen LogP contribution >= 0.6 is 0 Å². The van der Waals surface area contributed by atoms with Gasteiger partial charge in [0.1, 0.15) is 0 Å². The van der Waals surface area contributed by atoms with Gasteiger partial charge in [-0.15, -0.1) is 0 Å². The van der Waals surface area contributed by atoms with Crippen molar-refractivity contribution in [3.05, 3.63) is 54.0 Å². The van der Waals surface area contributed by atoms with Crippen molar-refractivity contribution in [3.8, 4) is 5.88 Å². The third-order valence-electron chi connectivity index (χ3n) is 3.38.